The molecule has 180 valence electrons. The minimum Gasteiger partial charge on any atom is -0.465 e. The molecular weight excluding hydrogens is 442 g/mol. The van der Waals surface area contributed by atoms with Crippen LogP contribution in [0.3, 0.4) is 0 Å². The maximum atomic E-state index is 11.9. The maximum absolute atomic E-state index is 11.9. The molecule has 1 aliphatic heterocycles. The Balaban J connectivity index is 2.50. The lowest BCUT2D eigenvalue weighted by Crippen LogP contribution is -2.59. The summed E-state index contributed by atoms with van der Waals surface area (Å²) >= 11 is 0. The fraction of sp³-hybridized carbons (Fsp3) is 0.476. The molecule has 1 fully saturated rings. The Labute approximate surface area is 189 Å². The first-order valence-corrected chi connectivity index (χ1v) is 9.88. The summed E-state index contributed by atoms with van der Waals surface area (Å²) in [5.74, 6) is -2.79. The number of amides is 1. The molecule has 0 radical (unpaired) electrons. The van der Waals surface area contributed by atoms with Crippen molar-refractivity contribution >= 4 is 35.7 Å². The minimum absolute atomic E-state index is 0.275. The topological polar surface area (TPSA) is 164 Å². The summed E-state index contributed by atoms with van der Waals surface area (Å²) in [5, 5.41) is 11.0. The van der Waals surface area contributed by atoms with Gasteiger partial charge in [0.1, 0.15) is 18.8 Å². The highest BCUT2D eigenvalue weighted by molar-refractivity contribution is 5.82. The number of esters is 4. The van der Waals surface area contributed by atoms with E-state index in [4.69, 9.17) is 28.8 Å². The number of ether oxygens (including phenoxy) is 5. The van der Waals surface area contributed by atoms with E-state index in [-0.39, 0.29) is 12.3 Å². The molecule has 2 N–H and O–H groups in total. The van der Waals surface area contributed by atoms with Crippen LogP contribution in [0.2, 0.25) is 0 Å². The molecule has 1 aromatic carbocycles. The van der Waals surface area contributed by atoms with Crippen LogP contribution >= 0.6 is 0 Å². The van der Waals surface area contributed by atoms with E-state index in [0.717, 1.165) is 20.8 Å². The highest BCUT2D eigenvalue weighted by Gasteiger charge is 2.52. The van der Waals surface area contributed by atoms with Gasteiger partial charge in [0.25, 0.3) is 0 Å². The molecule has 0 bridgehead atoms. The number of carbonyl (C=O) groups is 5. The van der Waals surface area contributed by atoms with Gasteiger partial charge in [-0.25, -0.2) is 4.79 Å². The van der Waals surface area contributed by atoms with Gasteiger partial charge < -0.3 is 28.8 Å². The van der Waals surface area contributed by atoms with Crippen molar-refractivity contribution in [2.24, 2.45) is 0 Å². The first-order chi connectivity index (χ1) is 15.5. The zero-order valence-corrected chi connectivity index (χ0v) is 18.4. The number of anilines is 1. The molecule has 0 aliphatic carbocycles. The summed E-state index contributed by atoms with van der Waals surface area (Å²) in [6.45, 7) is 4.25. The molecule has 1 amide bonds. The quantitative estimate of drug-likeness (QED) is 0.442. The Hall–Kier alpha value is -3.67. The van der Waals surface area contributed by atoms with E-state index in [1.54, 1.807) is 0 Å². The molecule has 5 atom stereocenters. The van der Waals surface area contributed by atoms with Gasteiger partial charge in [-0.15, -0.1) is 0 Å². The van der Waals surface area contributed by atoms with Crippen molar-refractivity contribution in [1.29, 1.82) is 0 Å². The van der Waals surface area contributed by atoms with E-state index in [0.29, 0.717) is 5.56 Å². The van der Waals surface area contributed by atoms with E-state index in [9.17, 15) is 24.0 Å². The highest BCUT2D eigenvalue weighted by Crippen LogP contribution is 2.38. The van der Waals surface area contributed by atoms with Crippen LogP contribution in [0.5, 0.6) is 0 Å². The summed E-state index contributed by atoms with van der Waals surface area (Å²) in [7, 11) is 0. The van der Waals surface area contributed by atoms with Crippen LogP contribution in [0.1, 0.15) is 39.4 Å². The Morgan fingerprint density at radius 3 is 1.82 bits per heavy atom. The summed E-state index contributed by atoms with van der Waals surface area (Å²) in [6, 6.07) is 5.95. The van der Waals surface area contributed by atoms with Gasteiger partial charge in [-0.1, -0.05) is 12.1 Å². The Morgan fingerprint density at radius 1 is 0.818 bits per heavy atom. The Morgan fingerprint density at radius 2 is 1.33 bits per heavy atom. The van der Waals surface area contributed by atoms with Crippen molar-refractivity contribution in [1.82, 2.24) is 0 Å². The number of nitrogens with one attached hydrogen (secondary N) is 1. The molecule has 0 saturated carbocycles. The van der Waals surface area contributed by atoms with E-state index < -0.39 is 60.5 Å². The van der Waals surface area contributed by atoms with Crippen molar-refractivity contribution in [3.63, 3.8) is 0 Å². The van der Waals surface area contributed by atoms with Gasteiger partial charge >= 0.3 is 30.0 Å². The molecular formula is C21H25NO11. The van der Waals surface area contributed by atoms with E-state index in [1.165, 1.54) is 31.2 Å². The number of hydrogen-bond donors (Lipinski definition) is 2. The molecule has 0 unspecified atom stereocenters. The standard InChI is InChI=1S/C21H25NO11/c1-10(23)29-9-16-18(30-11(2)24)20(32-13(4)26)19(31-12(3)25)17(33-16)14-5-7-15(8-6-14)22-21(27)28/h5-8,16-20,22H,9H2,1-4H3,(H,27,28)/t16-,17+,18-,19+,20+/m1/s1. The third kappa shape index (κ3) is 7.45. The first kappa shape index (κ1) is 25.6. The maximum Gasteiger partial charge on any atom is 0.409 e. The van der Waals surface area contributed by atoms with Crippen LogP contribution in [0, 0.1) is 0 Å². The molecule has 12 nitrogen and oxygen atoms in total. The van der Waals surface area contributed by atoms with Crippen LogP contribution in [-0.2, 0) is 42.9 Å². The number of carbonyl (C=O) groups excluding carboxylic acids is 4. The van der Waals surface area contributed by atoms with Crippen molar-refractivity contribution in [3.8, 4) is 0 Å². The van der Waals surface area contributed by atoms with Crippen molar-refractivity contribution in [2.75, 3.05) is 11.9 Å². The molecule has 2 rings (SSSR count). The van der Waals surface area contributed by atoms with Crippen molar-refractivity contribution in [2.45, 2.75) is 58.2 Å². The van der Waals surface area contributed by atoms with Gasteiger partial charge in [0.05, 0.1) is 0 Å². The smallest absolute Gasteiger partial charge is 0.409 e. The summed E-state index contributed by atoms with van der Waals surface area (Å²) in [4.78, 5) is 57.6. The van der Waals surface area contributed by atoms with E-state index in [1.807, 2.05) is 0 Å². The van der Waals surface area contributed by atoms with Crippen molar-refractivity contribution < 1.29 is 52.8 Å². The lowest BCUT2D eigenvalue weighted by Gasteiger charge is -2.44. The predicted octanol–water partition coefficient (Wildman–Crippen LogP) is 1.57. The van der Waals surface area contributed by atoms with Gasteiger partial charge in [0.2, 0.25) is 0 Å². The second-order valence-electron chi connectivity index (χ2n) is 7.17. The largest absolute Gasteiger partial charge is 0.465 e. The molecule has 1 heterocycles. The second-order valence-corrected chi connectivity index (χ2v) is 7.17. The van der Waals surface area contributed by atoms with Crippen LogP contribution in [0.15, 0.2) is 24.3 Å². The van der Waals surface area contributed by atoms with Gasteiger partial charge in [-0.2, -0.15) is 0 Å². The highest BCUT2D eigenvalue weighted by atomic mass is 16.7. The molecule has 0 spiro atoms. The van der Waals surface area contributed by atoms with E-state index >= 15 is 0 Å². The van der Waals surface area contributed by atoms with Gasteiger partial charge in [-0.05, 0) is 17.7 Å². The number of rotatable bonds is 7. The average Bonchev–Trinajstić information content (AvgIpc) is 2.69. The van der Waals surface area contributed by atoms with Gasteiger partial charge in [-0.3, -0.25) is 24.5 Å². The van der Waals surface area contributed by atoms with Gasteiger partial charge in [0.15, 0.2) is 18.3 Å². The molecule has 12 heteroatoms. The van der Waals surface area contributed by atoms with Crippen LogP contribution in [0.4, 0.5) is 10.5 Å². The number of hydrogen-bond acceptors (Lipinski definition) is 10. The number of benzene rings is 1. The molecule has 33 heavy (non-hydrogen) atoms. The Bertz CT molecular complexity index is 898. The average molecular weight is 467 g/mol. The third-order valence-corrected chi connectivity index (χ3v) is 4.48. The zero-order chi connectivity index (χ0) is 24.7. The van der Waals surface area contributed by atoms with Crippen LogP contribution < -0.4 is 5.32 Å². The Kier molecular flexibility index (Phi) is 8.74. The lowest BCUT2D eigenvalue weighted by atomic mass is 9.90. The second kappa shape index (κ2) is 11.3. The SMILES string of the molecule is CC(=O)OC[C@H]1O[C@@H](c2ccc(NC(=O)O)cc2)[C@H](OC(C)=O)[C@@H](OC(C)=O)[C@@H]1OC(C)=O. The molecule has 1 saturated heterocycles. The summed E-state index contributed by atoms with van der Waals surface area (Å²) < 4.78 is 27.1. The summed E-state index contributed by atoms with van der Waals surface area (Å²) in [5.41, 5.74) is 0.709. The lowest BCUT2D eigenvalue weighted by molar-refractivity contribution is -0.254. The van der Waals surface area contributed by atoms with Crippen molar-refractivity contribution in [3.05, 3.63) is 29.8 Å². The molecule has 0 aromatic heterocycles. The summed E-state index contributed by atoms with van der Waals surface area (Å²) in [6.07, 6.45) is -7.14. The monoisotopic (exact) mass is 467 g/mol. The fourth-order valence-corrected chi connectivity index (χ4v) is 3.38. The van der Waals surface area contributed by atoms with Gasteiger partial charge in [0, 0.05) is 33.4 Å². The van der Waals surface area contributed by atoms with E-state index in [2.05, 4.69) is 5.32 Å². The minimum atomic E-state index is -1.29. The molecule has 1 aromatic rings. The number of carboxylic acid groups (broad SMARTS) is 1. The fourth-order valence-electron chi connectivity index (χ4n) is 3.38. The third-order valence-electron chi connectivity index (χ3n) is 4.48. The normalized spacial score (nSPS) is 24.2. The zero-order valence-electron chi connectivity index (χ0n) is 18.4. The first-order valence-electron chi connectivity index (χ1n) is 9.88. The predicted molar refractivity (Wildman–Crippen MR) is 109 cm³/mol. The van der Waals surface area contributed by atoms with Crippen LogP contribution in [0.25, 0.3) is 0 Å². The van der Waals surface area contributed by atoms with Crippen LogP contribution in [-0.4, -0.2) is 66.1 Å². The molecule has 1 aliphatic rings.